The number of amidine groups is 1. The van der Waals surface area contributed by atoms with Gasteiger partial charge in [0, 0.05) is 31.7 Å². The van der Waals surface area contributed by atoms with Crippen LogP contribution in [0, 0.1) is 0 Å². The van der Waals surface area contributed by atoms with E-state index in [1.807, 2.05) is 17.0 Å². The van der Waals surface area contributed by atoms with Gasteiger partial charge in [0.25, 0.3) is 0 Å². The first kappa shape index (κ1) is 21.2. The maximum atomic E-state index is 13.5. The van der Waals surface area contributed by atoms with Crippen LogP contribution < -0.4 is 9.46 Å². The number of nitrogens with zero attached hydrogens (tertiary/aromatic N) is 4. The average molecular weight is 478 g/mol. The lowest BCUT2D eigenvalue weighted by atomic mass is 10.1. The summed E-state index contributed by atoms with van der Waals surface area (Å²) >= 11 is 6.45. The molecule has 1 unspecified atom stereocenters. The maximum absolute atomic E-state index is 13.5. The predicted octanol–water partition coefficient (Wildman–Crippen LogP) is 3.96. The molecule has 0 amide bonds. The van der Waals surface area contributed by atoms with Crippen LogP contribution in [0.15, 0.2) is 46.4 Å². The van der Waals surface area contributed by atoms with Gasteiger partial charge in [-0.2, -0.15) is 12.7 Å². The third kappa shape index (κ3) is 4.05. The summed E-state index contributed by atoms with van der Waals surface area (Å²) in [6.07, 6.45) is 1.79. The molecule has 0 bridgehead atoms. The maximum Gasteiger partial charge on any atom is 0.301 e. The largest absolute Gasteiger partial charge is 0.456 e. The van der Waals surface area contributed by atoms with Gasteiger partial charge >= 0.3 is 10.2 Å². The van der Waals surface area contributed by atoms with Crippen molar-refractivity contribution in [2.45, 2.75) is 19.0 Å². The fourth-order valence-corrected chi connectivity index (χ4v) is 5.43. The fraction of sp³-hybridized carbons (Fsp3) is 0.333. The van der Waals surface area contributed by atoms with Crippen molar-refractivity contribution >= 4 is 45.4 Å². The highest BCUT2D eigenvalue weighted by atomic mass is 35.5. The third-order valence-corrected chi connectivity index (χ3v) is 7.38. The molecule has 3 aliphatic heterocycles. The van der Waals surface area contributed by atoms with E-state index >= 15 is 0 Å². The molecule has 2 aromatic carbocycles. The summed E-state index contributed by atoms with van der Waals surface area (Å²) in [5.41, 5.74) is 1.84. The van der Waals surface area contributed by atoms with Gasteiger partial charge in [0.1, 0.15) is 28.5 Å². The number of hydrogen-bond acceptors (Lipinski definition) is 6. The van der Waals surface area contributed by atoms with Gasteiger partial charge in [-0.15, -0.1) is 0 Å². The van der Waals surface area contributed by atoms with E-state index in [-0.39, 0.29) is 30.2 Å². The second kappa shape index (κ2) is 8.34. The first-order chi connectivity index (χ1) is 15.4. The van der Waals surface area contributed by atoms with Crippen LogP contribution in [0.3, 0.4) is 0 Å². The molecule has 8 nitrogen and oxygen atoms in total. The van der Waals surface area contributed by atoms with Gasteiger partial charge in [0.2, 0.25) is 0 Å². The standard InChI is InChI=1S/C21H21ClFN5O3S/c22-20-18(26-32(29,30)28-10-7-14(23)12-28)3-1-4-19(20)31-15-5-6-17-16(11-15)21-24-8-2-9-27(21)13-25-17/h1,3-6,11,13-14,26H,2,7-10,12H2. The normalized spacial score (nSPS) is 20.5. The Morgan fingerprint density at radius 1 is 1.22 bits per heavy atom. The van der Waals surface area contributed by atoms with E-state index < -0.39 is 16.4 Å². The van der Waals surface area contributed by atoms with Gasteiger partial charge in [-0.1, -0.05) is 17.7 Å². The molecule has 1 saturated heterocycles. The number of halogens is 2. The molecular weight excluding hydrogens is 457 g/mol. The highest BCUT2D eigenvalue weighted by Crippen LogP contribution is 2.38. The number of ether oxygens (including phenoxy) is 1. The third-order valence-electron chi connectivity index (χ3n) is 5.50. The minimum atomic E-state index is -3.92. The first-order valence-corrected chi connectivity index (χ1v) is 12.1. The fourth-order valence-electron chi connectivity index (χ4n) is 3.88. The Bertz CT molecular complexity index is 1220. The molecule has 3 heterocycles. The van der Waals surface area contributed by atoms with Gasteiger partial charge in [-0.3, -0.25) is 9.71 Å². The molecule has 0 spiro atoms. The van der Waals surface area contributed by atoms with Crippen LogP contribution in [0.4, 0.5) is 15.8 Å². The lowest BCUT2D eigenvalue weighted by Crippen LogP contribution is -2.36. The number of hydrogen-bond donors (Lipinski definition) is 1. The number of rotatable bonds is 5. The molecule has 0 saturated carbocycles. The van der Waals surface area contributed by atoms with E-state index in [0.717, 1.165) is 40.9 Å². The van der Waals surface area contributed by atoms with Crippen molar-refractivity contribution in [2.24, 2.45) is 9.98 Å². The molecule has 1 atom stereocenters. The molecule has 11 heteroatoms. The van der Waals surface area contributed by atoms with Crippen LogP contribution in [0.2, 0.25) is 5.02 Å². The molecule has 3 aliphatic rings. The van der Waals surface area contributed by atoms with E-state index in [1.54, 1.807) is 24.5 Å². The second-order valence-corrected chi connectivity index (χ2v) is 9.80. The number of benzene rings is 2. The lowest BCUT2D eigenvalue weighted by molar-refractivity contribution is 0.343. The zero-order valence-corrected chi connectivity index (χ0v) is 18.6. The molecule has 5 rings (SSSR count). The molecule has 1 N–H and O–H groups in total. The summed E-state index contributed by atoms with van der Waals surface area (Å²) in [6, 6.07) is 10.3. The molecule has 0 radical (unpaired) electrons. The molecule has 1 fully saturated rings. The minimum absolute atomic E-state index is 0.111. The molecule has 0 aromatic heterocycles. The molecule has 32 heavy (non-hydrogen) atoms. The van der Waals surface area contributed by atoms with Crippen molar-refractivity contribution in [3.63, 3.8) is 0 Å². The number of anilines is 1. The second-order valence-electron chi connectivity index (χ2n) is 7.75. The number of nitrogens with one attached hydrogen (secondary N) is 1. The Balaban J connectivity index is 1.39. The Labute approximate surface area is 190 Å². The van der Waals surface area contributed by atoms with Crippen LogP contribution in [-0.2, 0) is 10.2 Å². The predicted molar refractivity (Wildman–Crippen MR) is 122 cm³/mol. The quantitative estimate of drug-likeness (QED) is 0.706. The molecular formula is C21H21ClFN5O3S. The van der Waals surface area contributed by atoms with Crippen LogP contribution >= 0.6 is 11.6 Å². The van der Waals surface area contributed by atoms with E-state index in [9.17, 15) is 12.8 Å². The van der Waals surface area contributed by atoms with E-state index in [2.05, 4.69) is 14.7 Å². The van der Waals surface area contributed by atoms with Gasteiger partial charge in [-0.25, -0.2) is 9.38 Å². The highest BCUT2D eigenvalue weighted by Gasteiger charge is 2.32. The van der Waals surface area contributed by atoms with Crippen molar-refractivity contribution in [3.8, 4) is 11.5 Å². The van der Waals surface area contributed by atoms with Crippen LogP contribution in [-0.4, -0.2) is 62.1 Å². The van der Waals surface area contributed by atoms with Crippen molar-refractivity contribution in [2.75, 3.05) is 30.9 Å². The van der Waals surface area contributed by atoms with Crippen molar-refractivity contribution in [1.29, 1.82) is 0 Å². The van der Waals surface area contributed by atoms with Crippen LogP contribution in [0.1, 0.15) is 18.4 Å². The van der Waals surface area contributed by atoms with Crippen molar-refractivity contribution < 1.29 is 17.5 Å². The van der Waals surface area contributed by atoms with Crippen LogP contribution in [0.5, 0.6) is 11.5 Å². The lowest BCUT2D eigenvalue weighted by Gasteiger charge is -2.29. The number of fused-ring (bicyclic) bond motifs is 3. The smallest absolute Gasteiger partial charge is 0.301 e. The Hall–Kier alpha value is -2.69. The topological polar surface area (TPSA) is 86.6 Å². The van der Waals surface area contributed by atoms with E-state index in [4.69, 9.17) is 16.3 Å². The summed E-state index contributed by atoms with van der Waals surface area (Å²) < 4.78 is 48.1. The van der Waals surface area contributed by atoms with E-state index in [1.165, 1.54) is 6.07 Å². The van der Waals surface area contributed by atoms with E-state index in [0.29, 0.717) is 11.5 Å². The number of alkyl halides is 1. The Morgan fingerprint density at radius 2 is 2.09 bits per heavy atom. The summed E-state index contributed by atoms with van der Waals surface area (Å²) in [5, 5.41) is 0.111. The van der Waals surface area contributed by atoms with Gasteiger partial charge in [-0.05, 0) is 43.2 Å². The zero-order valence-electron chi connectivity index (χ0n) is 17.0. The van der Waals surface area contributed by atoms with Crippen LogP contribution in [0.25, 0.3) is 0 Å². The Kier molecular flexibility index (Phi) is 5.52. The summed E-state index contributed by atoms with van der Waals surface area (Å²) in [4.78, 5) is 11.1. The highest BCUT2D eigenvalue weighted by molar-refractivity contribution is 7.90. The Morgan fingerprint density at radius 3 is 2.91 bits per heavy atom. The average Bonchev–Trinajstić information content (AvgIpc) is 3.24. The van der Waals surface area contributed by atoms with Gasteiger partial charge in [0.15, 0.2) is 0 Å². The zero-order chi connectivity index (χ0) is 22.3. The SMILES string of the molecule is O=S(=O)(Nc1cccc(Oc2ccc3c(c2)C2=NCCCN2C=N3)c1Cl)N1CCC(F)C1. The van der Waals surface area contributed by atoms with Gasteiger partial charge < -0.3 is 9.64 Å². The van der Waals surface area contributed by atoms with Crippen molar-refractivity contribution in [1.82, 2.24) is 9.21 Å². The molecule has 2 aromatic rings. The molecule has 168 valence electrons. The monoisotopic (exact) mass is 477 g/mol. The van der Waals surface area contributed by atoms with Gasteiger partial charge in [0.05, 0.1) is 17.7 Å². The summed E-state index contributed by atoms with van der Waals surface area (Å²) in [5.74, 6) is 1.67. The molecule has 0 aliphatic carbocycles. The summed E-state index contributed by atoms with van der Waals surface area (Å²) in [6.45, 7) is 1.59. The first-order valence-electron chi connectivity index (χ1n) is 10.3. The number of aliphatic imine (C=N–C) groups is 2. The summed E-state index contributed by atoms with van der Waals surface area (Å²) in [7, 11) is -3.92. The minimum Gasteiger partial charge on any atom is -0.456 e. The van der Waals surface area contributed by atoms with Crippen molar-refractivity contribution in [3.05, 3.63) is 47.0 Å².